The van der Waals surface area contributed by atoms with E-state index in [4.69, 9.17) is 0 Å². The van der Waals surface area contributed by atoms with E-state index in [1.807, 2.05) is 50.2 Å². The summed E-state index contributed by atoms with van der Waals surface area (Å²) in [7, 11) is 3.97. The normalized spacial score (nSPS) is 13.9. The van der Waals surface area contributed by atoms with Gasteiger partial charge >= 0.3 is 0 Å². The van der Waals surface area contributed by atoms with Gasteiger partial charge in [0.25, 0.3) is 5.91 Å². The molecule has 1 saturated heterocycles. The van der Waals surface area contributed by atoms with Crippen LogP contribution in [0.25, 0.3) is 0 Å². The second kappa shape index (κ2) is 6.86. The summed E-state index contributed by atoms with van der Waals surface area (Å²) < 4.78 is 0. The summed E-state index contributed by atoms with van der Waals surface area (Å²) in [6.45, 7) is 3.80. The summed E-state index contributed by atoms with van der Waals surface area (Å²) in [6.07, 6.45) is 2.34. The molecule has 0 aliphatic carbocycles. The summed E-state index contributed by atoms with van der Waals surface area (Å²) in [5, 5.41) is 2.90. The van der Waals surface area contributed by atoms with Crippen molar-refractivity contribution in [3.05, 3.63) is 41.9 Å². The second-order valence-corrected chi connectivity index (χ2v) is 6.25. The third-order valence-corrected chi connectivity index (χ3v) is 4.13. The topological polar surface area (TPSA) is 61.4 Å². The van der Waals surface area contributed by atoms with E-state index >= 15 is 0 Å². The number of anilines is 3. The molecule has 1 N–H and O–H groups in total. The monoisotopic (exact) mass is 325 g/mol. The fraction of sp³-hybridized carbons (Fsp3) is 0.389. The molecule has 1 aliphatic rings. The Morgan fingerprint density at radius 1 is 1.12 bits per heavy atom. The number of hydrogen-bond donors (Lipinski definition) is 1. The van der Waals surface area contributed by atoms with Gasteiger partial charge in [-0.3, -0.25) is 4.79 Å². The molecule has 1 aromatic heterocycles. The molecule has 0 bridgehead atoms. The summed E-state index contributed by atoms with van der Waals surface area (Å²) in [5.74, 6) is 1.25. The first-order chi connectivity index (χ1) is 11.5. The number of carbonyl (C=O) groups is 1. The number of nitrogens with one attached hydrogen (secondary N) is 1. The molecule has 0 saturated carbocycles. The first-order valence-corrected chi connectivity index (χ1v) is 8.22. The molecule has 0 unspecified atom stereocenters. The van der Waals surface area contributed by atoms with E-state index in [9.17, 15) is 4.79 Å². The van der Waals surface area contributed by atoms with Crippen LogP contribution in [0.15, 0.2) is 30.3 Å². The van der Waals surface area contributed by atoms with Gasteiger partial charge in [0.05, 0.1) is 0 Å². The van der Waals surface area contributed by atoms with Crippen LogP contribution < -0.4 is 15.1 Å². The highest BCUT2D eigenvalue weighted by Gasteiger charge is 2.17. The standard InChI is InChI=1S/C18H23N5O/c1-13-19-16(12-17(20-13)23-10-4-5-11-23)18(24)21-14-6-8-15(9-7-14)22(2)3/h6-9,12H,4-5,10-11H2,1-3H3,(H,21,24). The van der Waals surface area contributed by atoms with Gasteiger partial charge in [-0.1, -0.05) is 0 Å². The molecular formula is C18H23N5O. The fourth-order valence-corrected chi connectivity index (χ4v) is 2.81. The van der Waals surface area contributed by atoms with Gasteiger partial charge in [-0.15, -0.1) is 0 Å². The van der Waals surface area contributed by atoms with Crippen molar-refractivity contribution in [2.24, 2.45) is 0 Å². The number of carbonyl (C=O) groups excluding carboxylic acids is 1. The smallest absolute Gasteiger partial charge is 0.274 e. The Kier molecular flexibility index (Phi) is 4.64. The van der Waals surface area contributed by atoms with Crippen LogP contribution in [0.4, 0.5) is 17.2 Å². The van der Waals surface area contributed by atoms with E-state index in [1.165, 1.54) is 12.8 Å². The van der Waals surface area contributed by atoms with Crippen LogP contribution in [0.5, 0.6) is 0 Å². The number of benzene rings is 1. The Bertz CT molecular complexity index is 721. The molecule has 24 heavy (non-hydrogen) atoms. The van der Waals surface area contributed by atoms with E-state index in [0.29, 0.717) is 11.5 Å². The van der Waals surface area contributed by atoms with Gasteiger partial charge in [-0.2, -0.15) is 0 Å². The van der Waals surface area contributed by atoms with Gasteiger partial charge in [0, 0.05) is 44.6 Å². The number of rotatable bonds is 4. The van der Waals surface area contributed by atoms with Crippen LogP contribution in [0.1, 0.15) is 29.2 Å². The number of aryl methyl sites for hydroxylation is 1. The van der Waals surface area contributed by atoms with Crippen LogP contribution in [0.3, 0.4) is 0 Å². The van der Waals surface area contributed by atoms with Crippen molar-refractivity contribution in [1.82, 2.24) is 9.97 Å². The van der Waals surface area contributed by atoms with E-state index in [1.54, 1.807) is 6.07 Å². The molecule has 1 aliphatic heterocycles. The summed E-state index contributed by atoms with van der Waals surface area (Å²) >= 11 is 0. The largest absolute Gasteiger partial charge is 0.378 e. The average molecular weight is 325 g/mol. The molecule has 0 radical (unpaired) electrons. The van der Waals surface area contributed by atoms with Crippen molar-refractivity contribution in [3.8, 4) is 0 Å². The Morgan fingerprint density at radius 2 is 1.79 bits per heavy atom. The van der Waals surface area contributed by atoms with Crippen molar-refractivity contribution in [1.29, 1.82) is 0 Å². The lowest BCUT2D eigenvalue weighted by molar-refractivity contribution is 0.102. The third-order valence-electron chi connectivity index (χ3n) is 4.13. The predicted molar refractivity (Wildman–Crippen MR) is 96.9 cm³/mol. The number of amides is 1. The van der Waals surface area contributed by atoms with Crippen molar-refractivity contribution in [2.75, 3.05) is 42.3 Å². The lowest BCUT2D eigenvalue weighted by atomic mass is 10.2. The molecule has 0 spiro atoms. The van der Waals surface area contributed by atoms with E-state index in [0.717, 1.165) is 30.3 Å². The zero-order valence-electron chi connectivity index (χ0n) is 14.4. The minimum absolute atomic E-state index is 0.210. The van der Waals surface area contributed by atoms with Crippen LogP contribution in [0, 0.1) is 6.92 Å². The van der Waals surface area contributed by atoms with E-state index in [2.05, 4.69) is 20.2 Å². The second-order valence-electron chi connectivity index (χ2n) is 6.25. The maximum Gasteiger partial charge on any atom is 0.274 e. The van der Waals surface area contributed by atoms with Crippen molar-refractivity contribution in [2.45, 2.75) is 19.8 Å². The minimum Gasteiger partial charge on any atom is -0.378 e. The highest BCUT2D eigenvalue weighted by atomic mass is 16.1. The van der Waals surface area contributed by atoms with E-state index < -0.39 is 0 Å². The molecule has 1 aromatic carbocycles. The molecule has 3 rings (SSSR count). The Balaban J connectivity index is 1.76. The van der Waals surface area contributed by atoms with Crippen LogP contribution in [-0.4, -0.2) is 43.1 Å². The molecule has 126 valence electrons. The summed E-state index contributed by atoms with van der Waals surface area (Å²) in [4.78, 5) is 25.5. The SMILES string of the molecule is Cc1nc(C(=O)Nc2ccc(N(C)C)cc2)cc(N2CCCC2)n1. The number of nitrogens with zero attached hydrogens (tertiary/aromatic N) is 4. The van der Waals surface area contributed by atoms with Crippen molar-refractivity contribution < 1.29 is 4.79 Å². The van der Waals surface area contributed by atoms with Crippen molar-refractivity contribution >= 4 is 23.1 Å². The van der Waals surface area contributed by atoms with Gasteiger partial charge < -0.3 is 15.1 Å². The summed E-state index contributed by atoms with van der Waals surface area (Å²) in [6, 6.07) is 9.50. The number of hydrogen-bond acceptors (Lipinski definition) is 5. The van der Waals surface area contributed by atoms with Crippen LogP contribution in [0.2, 0.25) is 0 Å². The zero-order valence-corrected chi connectivity index (χ0v) is 14.4. The fourth-order valence-electron chi connectivity index (χ4n) is 2.81. The lowest BCUT2D eigenvalue weighted by Crippen LogP contribution is -2.22. The van der Waals surface area contributed by atoms with Crippen molar-refractivity contribution in [3.63, 3.8) is 0 Å². The lowest BCUT2D eigenvalue weighted by Gasteiger charge is -2.17. The average Bonchev–Trinajstić information content (AvgIpc) is 3.09. The van der Waals surface area contributed by atoms with Gasteiger partial charge in [-0.25, -0.2) is 9.97 Å². The zero-order chi connectivity index (χ0) is 17.1. The predicted octanol–water partition coefficient (Wildman–Crippen LogP) is 2.70. The van der Waals surface area contributed by atoms with Crippen LogP contribution >= 0.6 is 0 Å². The quantitative estimate of drug-likeness (QED) is 0.936. The highest BCUT2D eigenvalue weighted by molar-refractivity contribution is 6.03. The molecule has 1 fully saturated rings. The first-order valence-electron chi connectivity index (χ1n) is 8.22. The highest BCUT2D eigenvalue weighted by Crippen LogP contribution is 2.20. The number of aromatic nitrogens is 2. The Labute approximate surface area is 142 Å². The van der Waals surface area contributed by atoms with Crippen LogP contribution in [-0.2, 0) is 0 Å². The molecule has 6 heteroatoms. The molecule has 2 heterocycles. The molecular weight excluding hydrogens is 302 g/mol. The minimum atomic E-state index is -0.210. The first kappa shape index (κ1) is 16.2. The van der Waals surface area contributed by atoms with Gasteiger partial charge in [0.15, 0.2) is 0 Å². The maximum atomic E-state index is 12.5. The Hall–Kier alpha value is -2.63. The molecule has 0 atom stereocenters. The Morgan fingerprint density at radius 3 is 2.42 bits per heavy atom. The van der Waals surface area contributed by atoms with Gasteiger partial charge in [-0.05, 0) is 44.0 Å². The summed E-state index contributed by atoms with van der Waals surface area (Å²) in [5.41, 5.74) is 2.24. The molecule has 2 aromatic rings. The van der Waals surface area contributed by atoms with Gasteiger partial charge in [0.2, 0.25) is 0 Å². The van der Waals surface area contributed by atoms with Gasteiger partial charge in [0.1, 0.15) is 17.3 Å². The third kappa shape index (κ3) is 3.64. The molecule has 6 nitrogen and oxygen atoms in total. The molecule has 1 amide bonds. The maximum absolute atomic E-state index is 12.5. The van der Waals surface area contributed by atoms with E-state index in [-0.39, 0.29) is 5.91 Å².